The third kappa shape index (κ3) is 11.2. The van der Waals surface area contributed by atoms with Crippen LogP contribution < -0.4 is 0 Å². The number of carbonyl (C=O) groups is 1. The van der Waals surface area contributed by atoms with Gasteiger partial charge in [0.15, 0.2) is 0 Å². The zero-order valence-electron chi connectivity index (χ0n) is 10.3. The van der Waals surface area contributed by atoms with Gasteiger partial charge in [0.2, 0.25) is 0 Å². The molecule has 0 aromatic rings. The van der Waals surface area contributed by atoms with E-state index < -0.39 is 0 Å². The van der Waals surface area contributed by atoms with E-state index in [2.05, 4.69) is 44.4 Å². The number of hydrogen-bond acceptors (Lipinski definition) is 5. The van der Waals surface area contributed by atoms with Crippen molar-refractivity contribution in [1.29, 1.82) is 0 Å². The molecule has 0 unspecified atom stereocenters. The molecule has 0 bridgehead atoms. The Bertz CT molecular complexity index is 318. The molecule has 0 aromatic heterocycles. The molecule has 6 radical (unpaired) electrons. The van der Waals surface area contributed by atoms with Gasteiger partial charge >= 0.3 is 86.7 Å². The summed E-state index contributed by atoms with van der Waals surface area (Å²) in [6, 6.07) is 0. The van der Waals surface area contributed by atoms with Crippen LogP contribution in [0.2, 0.25) is 5.31 Å². The van der Waals surface area contributed by atoms with Gasteiger partial charge in [-0.05, 0) is 0 Å². The van der Waals surface area contributed by atoms with Crippen LogP contribution in [0.25, 0.3) is 0 Å². The van der Waals surface area contributed by atoms with Gasteiger partial charge in [-0.15, -0.1) is 0 Å². The molecule has 1 aliphatic carbocycles. The summed E-state index contributed by atoms with van der Waals surface area (Å²) in [7, 11) is 0. The molecule has 0 saturated carbocycles. The van der Waals surface area contributed by atoms with Gasteiger partial charge in [0.1, 0.15) is 0 Å². The van der Waals surface area contributed by atoms with Crippen molar-refractivity contribution in [3.05, 3.63) is 34.3 Å². The Morgan fingerprint density at radius 2 is 1.89 bits per heavy atom. The summed E-state index contributed by atoms with van der Waals surface area (Å²) in [5.74, 6) is -0.340. The fourth-order valence-corrected chi connectivity index (χ4v) is 3.43. The van der Waals surface area contributed by atoms with Crippen molar-refractivity contribution < 1.29 is 42.5 Å². The van der Waals surface area contributed by atoms with Crippen LogP contribution in [0, 0.1) is 0 Å². The minimum Gasteiger partial charge on any atom is -0.281 e. The van der Waals surface area contributed by atoms with Gasteiger partial charge in [-0.25, -0.2) is 0 Å². The third-order valence-electron chi connectivity index (χ3n) is 1.76. The largest absolute Gasteiger partial charge is 0.281 e. The van der Waals surface area contributed by atoms with E-state index in [9.17, 15) is 4.79 Å². The Hall–Kier alpha value is -1.61. The molecule has 100 valence electrons. The van der Waals surface area contributed by atoms with Crippen molar-refractivity contribution >= 4 is 26.3 Å². The van der Waals surface area contributed by atoms with E-state index in [-0.39, 0.29) is 24.5 Å². The topological polar surface area (TPSA) is 77.5 Å². The normalized spacial score (nSPS) is 10.8. The molecule has 0 saturated heterocycles. The zero-order valence-corrected chi connectivity index (χ0v) is 13.2. The molecule has 19 heavy (non-hydrogen) atoms. The number of hydrogen-bond donors (Lipinski definition) is 0. The van der Waals surface area contributed by atoms with E-state index in [0.29, 0.717) is 6.61 Å². The fourth-order valence-electron chi connectivity index (χ4n) is 1.08. The smallest absolute Gasteiger partial charge is 0.281 e. The molecule has 0 aliphatic heterocycles. The van der Waals surface area contributed by atoms with Crippen molar-refractivity contribution in [1.82, 2.24) is 0 Å². The molecule has 0 fully saturated rings. The van der Waals surface area contributed by atoms with Gasteiger partial charge in [0.05, 0.1) is 0 Å². The summed E-state index contributed by atoms with van der Waals surface area (Å²) in [5.41, 5.74) is 1.21. The molecule has 5 nitrogen and oxygen atoms in total. The first-order valence-electron chi connectivity index (χ1n) is 4.61. The molecule has 0 aromatic carbocycles. The van der Waals surface area contributed by atoms with Crippen molar-refractivity contribution in [2.45, 2.75) is 11.7 Å². The van der Waals surface area contributed by atoms with Gasteiger partial charge in [-0.1, -0.05) is 0 Å². The minimum absolute atomic E-state index is 0.334. The van der Waals surface area contributed by atoms with Crippen LogP contribution in [0.5, 0.6) is 0 Å². The first-order chi connectivity index (χ1) is 9.27. The van der Waals surface area contributed by atoms with E-state index in [1.165, 1.54) is 15.6 Å². The molecule has 0 heterocycles. The van der Waals surface area contributed by atoms with Gasteiger partial charge in [0, 0.05) is 0 Å². The Morgan fingerprint density at radius 3 is 2.32 bits per heavy atom. The van der Waals surface area contributed by atoms with Crippen LogP contribution in [-0.2, 0) is 42.5 Å². The van der Waals surface area contributed by atoms with Crippen molar-refractivity contribution in [3.63, 3.8) is 0 Å². The molecule has 1 rings (SSSR count). The van der Waals surface area contributed by atoms with Gasteiger partial charge in [0.25, 0.3) is 20.4 Å². The summed E-state index contributed by atoms with van der Waals surface area (Å²) < 4.78 is 6.49. The summed E-state index contributed by atoms with van der Waals surface area (Å²) in [6.07, 6.45) is 6.47. The molecule has 0 atom stereocenters. The molecular formula is C13H12O5W. The SMILES string of the molecule is C=CC(=O)OCC1=[C]([W][CH3])CC=C1.[C]=O.[C]=O.[C]=O. The maximum atomic E-state index is 10.8. The first kappa shape index (κ1) is 22.6. The van der Waals surface area contributed by atoms with Crippen LogP contribution in [0.4, 0.5) is 0 Å². The summed E-state index contributed by atoms with van der Waals surface area (Å²) in [5, 5.41) is 2.28. The number of rotatable bonds is 4. The molecule has 0 N–H and O–H groups in total. The maximum absolute atomic E-state index is 10.8. The zero-order chi connectivity index (χ0) is 15.7. The Kier molecular flexibility index (Phi) is 22.3. The number of allylic oxidation sites excluding steroid dienone is 2. The summed E-state index contributed by atoms with van der Waals surface area (Å²) in [4.78, 5) is 33.3. The Balaban J connectivity index is -0.000000375. The minimum atomic E-state index is -0.340. The van der Waals surface area contributed by atoms with Gasteiger partial charge in [-0.2, -0.15) is 0 Å². The van der Waals surface area contributed by atoms with Crippen LogP contribution in [0.15, 0.2) is 34.3 Å². The molecule has 6 heteroatoms. The van der Waals surface area contributed by atoms with Crippen molar-refractivity contribution in [2.24, 2.45) is 0 Å². The van der Waals surface area contributed by atoms with Crippen molar-refractivity contribution in [3.8, 4) is 0 Å². The standard InChI is InChI=1S/C9H9O2.3CO.CH3.W/c1-2-9(10)11-7-8-5-3-4-6-8;3*1-2;;/h2-3,5H,1,4,7H2;;;;1H3;. The van der Waals surface area contributed by atoms with Gasteiger partial charge < -0.3 is 0 Å². The predicted molar refractivity (Wildman–Crippen MR) is 64.9 cm³/mol. The van der Waals surface area contributed by atoms with Crippen molar-refractivity contribution in [2.75, 3.05) is 6.61 Å². The quantitative estimate of drug-likeness (QED) is 0.487. The number of ether oxygens (including phenoxy) is 1. The summed E-state index contributed by atoms with van der Waals surface area (Å²) >= 11 is -0.334. The first-order valence-corrected chi connectivity index (χ1v) is 9.01. The Labute approximate surface area is 121 Å². The average Bonchev–Trinajstić information content (AvgIpc) is 2.98. The third-order valence-corrected chi connectivity index (χ3v) is 5.07. The van der Waals surface area contributed by atoms with Crippen LogP contribution in [-0.4, -0.2) is 32.9 Å². The maximum Gasteiger partial charge on any atom is 0.281 e. The molecule has 0 spiro atoms. The van der Waals surface area contributed by atoms with Gasteiger partial charge in [-0.3, -0.25) is 14.4 Å². The van der Waals surface area contributed by atoms with E-state index >= 15 is 0 Å². The molecule has 0 amide bonds. The van der Waals surface area contributed by atoms with Crippen LogP contribution in [0.3, 0.4) is 0 Å². The number of carbonyl (C=O) groups excluding carboxylic acids is 4. The summed E-state index contributed by atoms with van der Waals surface area (Å²) in [6.45, 7) is 17.3. The Morgan fingerprint density at radius 1 is 1.37 bits per heavy atom. The second-order valence-electron chi connectivity index (χ2n) is 2.57. The van der Waals surface area contributed by atoms with E-state index in [0.717, 1.165) is 6.42 Å². The van der Waals surface area contributed by atoms with Crippen LogP contribution >= 0.6 is 0 Å². The molecular weight excluding hydrogens is 420 g/mol. The van der Waals surface area contributed by atoms with E-state index in [1.807, 2.05) is 0 Å². The average molecular weight is 432 g/mol. The fraction of sp³-hybridized carbons (Fsp3) is 0.231. The van der Waals surface area contributed by atoms with Crippen LogP contribution in [0.1, 0.15) is 6.42 Å². The monoisotopic (exact) mass is 432 g/mol. The molecule has 1 aliphatic rings. The number of esters is 1. The second-order valence-corrected chi connectivity index (χ2v) is 5.81. The van der Waals surface area contributed by atoms with E-state index in [1.54, 1.807) is 0 Å². The second kappa shape index (κ2) is 18.7. The van der Waals surface area contributed by atoms with E-state index in [4.69, 9.17) is 19.1 Å². The predicted octanol–water partition coefficient (Wildman–Crippen LogP) is 0.869.